The summed E-state index contributed by atoms with van der Waals surface area (Å²) in [4.78, 5) is 24.3. The lowest BCUT2D eigenvalue weighted by atomic mass is 9.66. The minimum absolute atomic E-state index is 0.126. The van der Waals surface area contributed by atoms with Gasteiger partial charge in [0.05, 0.1) is 5.41 Å². The third-order valence-corrected chi connectivity index (χ3v) is 4.99. The Balaban J connectivity index is 2.33. The van der Waals surface area contributed by atoms with Crippen molar-refractivity contribution in [1.82, 2.24) is 5.32 Å². The van der Waals surface area contributed by atoms with Gasteiger partial charge in [0.15, 0.2) is 5.60 Å². The predicted molar refractivity (Wildman–Crippen MR) is 63.2 cm³/mol. The first kappa shape index (κ1) is 12.4. The monoisotopic (exact) mass is 239 g/mol. The highest BCUT2D eigenvalue weighted by molar-refractivity contribution is 5.96. The van der Waals surface area contributed by atoms with Crippen molar-refractivity contribution in [2.24, 2.45) is 10.8 Å². The van der Waals surface area contributed by atoms with Crippen LogP contribution in [0, 0.1) is 10.8 Å². The Kier molecular flexibility index (Phi) is 2.53. The number of esters is 1. The first-order valence-corrected chi connectivity index (χ1v) is 6.33. The van der Waals surface area contributed by atoms with Gasteiger partial charge in [-0.2, -0.15) is 0 Å². The summed E-state index contributed by atoms with van der Waals surface area (Å²) in [5, 5.41) is 2.87. The number of rotatable bonds is 3. The average molecular weight is 239 g/mol. The quantitative estimate of drug-likeness (QED) is 0.762. The molecule has 0 unspecified atom stereocenters. The van der Waals surface area contributed by atoms with Crippen LogP contribution in [0.5, 0.6) is 0 Å². The van der Waals surface area contributed by atoms with Crippen molar-refractivity contribution in [3.63, 3.8) is 0 Å². The van der Waals surface area contributed by atoms with Crippen LogP contribution in [0.15, 0.2) is 0 Å². The van der Waals surface area contributed by atoms with Crippen LogP contribution in [0.1, 0.15) is 47.0 Å². The maximum absolute atomic E-state index is 12.3. The van der Waals surface area contributed by atoms with E-state index in [-0.39, 0.29) is 11.9 Å². The Morgan fingerprint density at radius 3 is 2.41 bits per heavy atom. The van der Waals surface area contributed by atoms with Crippen LogP contribution in [0.25, 0.3) is 0 Å². The van der Waals surface area contributed by atoms with E-state index in [1.54, 1.807) is 0 Å². The molecule has 1 saturated carbocycles. The minimum Gasteiger partial charge on any atom is -0.448 e. The van der Waals surface area contributed by atoms with Crippen molar-refractivity contribution in [2.75, 3.05) is 6.54 Å². The Bertz CT molecular complexity index is 377. The molecule has 4 nitrogen and oxygen atoms in total. The molecule has 1 heterocycles. The fraction of sp³-hybridized carbons (Fsp3) is 0.846. The molecule has 1 aliphatic carbocycles. The van der Waals surface area contributed by atoms with Crippen LogP contribution in [0.3, 0.4) is 0 Å². The van der Waals surface area contributed by atoms with Gasteiger partial charge in [-0.1, -0.05) is 20.8 Å². The van der Waals surface area contributed by atoms with Gasteiger partial charge in [0, 0.05) is 12.0 Å². The summed E-state index contributed by atoms with van der Waals surface area (Å²) in [6.45, 7) is 8.48. The molecule has 0 aromatic heterocycles. The van der Waals surface area contributed by atoms with Crippen LogP contribution < -0.4 is 5.32 Å². The van der Waals surface area contributed by atoms with Crippen molar-refractivity contribution in [3.05, 3.63) is 0 Å². The van der Waals surface area contributed by atoms with Crippen molar-refractivity contribution in [2.45, 2.75) is 52.6 Å². The van der Waals surface area contributed by atoms with Gasteiger partial charge in [-0.3, -0.25) is 9.59 Å². The van der Waals surface area contributed by atoms with Gasteiger partial charge < -0.3 is 10.1 Å². The van der Waals surface area contributed by atoms with Gasteiger partial charge >= 0.3 is 5.97 Å². The lowest BCUT2D eigenvalue weighted by Gasteiger charge is -2.35. The van der Waals surface area contributed by atoms with E-state index in [1.165, 1.54) is 0 Å². The summed E-state index contributed by atoms with van der Waals surface area (Å²) in [5.41, 5.74) is -1.90. The summed E-state index contributed by atoms with van der Waals surface area (Å²) >= 11 is 0. The van der Waals surface area contributed by atoms with E-state index in [2.05, 4.69) is 5.32 Å². The van der Waals surface area contributed by atoms with Gasteiger partial charge in [0.25, 0.3) is 5.91 Å². The van der Waals surface area contributed by atoms with Crippen molar-refractivity contribution >= 4 is 11.9 Å². The van der Waals surface area contributed by atoms with Crippen molar-refractivity contribution in [1.29, 1.82) is 0 Å². The summed E-state index contributed by atoms with van der Waals surface area (Å²) in [6, 6.07) is 0. The first-order valence-electron chi connectivity index (χ1n) is 6.33. The minimum atomic E-state index is -0.950. The van der Waals surface area contributed by atoms with Crippen LogP contribution >= 0.6 is 0 Å². The van der Waals surface area contributed by atoms with E-state index in [0.717, 1.165) is 12.8 Å². The fourth-order valence-corrected chi connectivity index (χ4v) is 3.13. The van der Waals surface area contributed by atoms with Crippen LogP contribution in [0.2, 0.25) is 0 Å². The standard InChI is InChI=1S/C13H21NO3/c1-5-8-14-9(15)13-7-6-12(4,10(16)17-13)11(13,2)3/h5-8H2,1-4H3,(H,14,15)/t12-,13+/m1/s1. The van der Waals surface area contributed by atoms with Crippen LogP contribution in [0.4, 0.5) is 0 Å². The molecule has 2 fully saturated rings. The molecule has 0 spiro atoms. The van der Waals surface area contributed by atoms with Crippen LogP contribution in [-0.4, -0.2) is 24.0 Å². The molecule has 1 aliphatic heterocycles. The topological polar surface area (TPSA) is 55.4 Å². The second kappa shape index (κ2) is 3.47. The molecule has 2 atom stereocenters. The molecule has 2 aliphatic rings. The second-order valence-corrected chi connectivity index (χ2v) is 5.93. The van der Waals surface area contributed by atoms with E-state index < -0.39 is 16.4 Å². The van der Waals surface area contributed by atoms with E-state index in [9.17, 15) is 9.59 Å². The highest BCUT2D eigenvalue weighted by Crippen LogP contribution is 2.65. The van der Waals surface area contributed by atoms with E-state index in [1.807, 2.05) is 27.7 Å². The molecule has 1 saturated heterocycles. The van der Waals surface area contributed by atoms with Gasteiger partial charge in [0.1, 0.15) is 0 Å². The van der Waals surface area contributed by atoms with Gasteiger partial charge in [-0.15, -0.1) is 0 Å². The number of hydrogen-bond donors (Lipinski definition) is 1. The number of nitrogens with one attached hydrogen (secondary N) is 1. The first-order chi connectivity index (χ1) is 7.82. The molecule has 96 valence electrons. The molecule has 2 bridgehead atoms. The predicted octanol–water partition coefficient (Wildman–Crippen LogP) is 1.63. The molecule has 0 aromatic carbocycles. The van der Waals surface area contributed by atoms with Gasteiger partial charge in [-0.25, -0.2) is 0 Å². The number of carbonyl (C=O) groups is 2. The summed E-state index contributed by atoms with van der Waals surface area (Å²) in [5.74, 6) is -0.348. The molecule has 17 heavy (non-hydrogen) atoms. The lowest BCUT2D eigenvalue weighted by molar-refractivity contribution is -0.168. The smallest absolute Gasteiger partial charge is 0.313 e. The summed E-state index contributed by atoms with van der Waals surface area (Å²) in [7, 11) is 0. The third kappa shape index (κ3) is 1.24. The van der Waals surface area contributed by atoms with Crippen molar-refractivity contribution in [3.8, 4) is 0 Å². The third-order valence-electron chi connectivity index (χ3n) is 4.99. The zero-order valence-electron chi connectivity index (χ0n) is 11.1. The van der Waals surface area contributed by atoms with Crippen LogP contribution in [-0.2, 0) is 14.3 Å². The largest absolute Gasteiger partial charge is 0.448 e. The Morgan fingerprint density at radius 2 is 2.00 bits per heavy atom. The second-order valence-electron chi connectivity index (χ2n) is 5.93. The number of fused-ring (bicyclic) bond motifs is 2. The van der Waals surface area contributed by atoms with Gasteiger partial charge in [-0.05, 0) is 26.2 Å². The highest BCUT2D eigenvalue weighted by Gasteiger charge is 2.75. The summed E-state index contributed by atoms with van der Waals surface area (Å²) < 4.78 is 5.47. The molecule has 2 rings (SSSR count). The molecule has 1 amide bonds. The van der Waals surface area contributed by atoms with Gasteiger partial charge in [0.2, 0.25) is 0 Å². The zero-order valence-corrected chi connectivity index (χ0v) is 11.1. The molecular weight excluding hydrogens is 218 g/mol. The SMILES string of the molecule is CCCNC(=O)[C@]12CC[C@](C)(C(=O)O1)C2(C)C. The van der Waals surface area contributed by atoms with Crippen molar-refractivity contribution < 1.29 is 14.3 Å². The molecule has 4 heteroatoms. The lowest BCUT2D eigenvalue weighted by Crippen LogP contribution is -2.53. The zero-order chi connectivity index (χ0) is 12.9. The number of amides is 1. The van der Waals surface area contributed by atoms with E-state index in [4.69, 9.17) is 4.74 Å². The normalized spacial score (nSPS) is 38.0. The number of carbonyl (C=O) groups excluding carboxylic acids is 2. The Labute approximate surface area is 102 Å². The van der Waals surface area contributed by atoms with E-state index >= 15 is 0 Å². The number of hydrogen-bond acceptors (Lipinski definition) is 3. The number of ether oxygens (including phenoxy) is 1. The maximum Gasteiger partial charge on any atom is 0.313 e. The van der Waals surface area contributed by atoms with E-state index in [0.29, 0.717) is 13.0 Å². The maximum atomic E-state index is 12.3. The Morgan fingerprint density at radius 1 is 1.35 bits per heavy atom. The molecule has 0 radical (unpaired) electrons. The Hall–Kier alpha value is -1.06. The fourth-order valence-electron chi connectivity index (χ4n) is 3.13. The highest BCUT2D eigenvalue weighted by atomic mass is 16.6. The molecular formula is C13H21NO3. The summed E-state index contributed by atoms with van der Waals surface area (Å²) in [6.07, 6.45) is 2.25. The molecule has 0 aromatic rings. The molecule has 1 N–H and O–H groups in total. The average Bonchev–Trinajstić information content (AvgIpc) is 2.56.